The van der Waals surface area contributed by atoms with E-state index < -0.39 is 10.0 Å². The second-order valence-electron chi connectivity index (χ2n) is 5.82. The first kappa shape index (κ1) is 18.1. The van der Waals surface area contributed by atoms with Crippen LogP contribution in [0.5, 0.6) is 0 Å². The van der Waals surface area contributed by atoms with Crippen molar-refractivity contribution in [3.05, 3.63) is 69.9 Å². The molecule has 26 heavy (non-hydrogen) atoms. The van der Waals surface area contributed by atoms with Crippen LogP contribution in [0.4, 0.5) is 0 Å². The molecule has 3 aromatic heterocycles. The van der Waals surface area contributed by atoms with E-state index in [4.69, 9.17) is 4.42 Å². The molecule has 2 N–H and O–H groups in total. The van der Waals surface area contributed by atoms with Gasteiger partial charge >= 0.3 is 0 Å². The number of H-pyrrole nitrogens is 1. The molecule has 0 atom stereocenters. The molecule has 0 aliphatic rings. The zero-order valence-electron chi connectivity index (χ0n) is 14.4. The SMILES string of the molecule is CCc1cc(-c2ccc(S(=O)(=O)NCc3cccnc3)o2)c(C)[nH]c1=O. The normalized spacial score (nSPS) is 11.6. The van der Waals surface area contributed by atoms with Gasteiger partial charge in [0.05, 0.1) is 0 Å². The Balaban J connectivity index is 1.86. The molecular weight excluding hydrogens is 354 g/mol. The fraction of sp³-hybridized carbons (Fsp3) is 0.222. The summed E-state index contributed by atoms with van der Waals surface area (Å²) in [5.41, 5.74) is 2.49. The van der Waals surface area contributed by atoms with Crippen LogP contribution >= 0.6 is 0 Å². The third-order valence-electron chi connectivity index (χ3n) is 4.00. The Hall–Kier alpha value is -2.71. The van der Waals surface area contributed by atoms with Gasteiger partial charge in [-0.2, -0.15) is 0 Å². The molecule has 3 rings (SSSR count). The largest absolute Gasteiger partial charge is 0.443 e. The predicted octanol–water partition coefficient (Wildman–Crippen LogP) is 2.38. The Morgan fingerprint density at radius 1 is 1.27 bits per heavy atom. The summed E-state index contributed by atoms with van der Waals surface area (Å²) in [7, 11) is -3.80. The zero-order chi connectivity index (χ0) is 18.7. The molecule has 0 fully saturated rings. The van der Waals surface area contributed by atoms with Gasteiger partial charge in [-0.25, -0.2) is 13.1 Å². The maximum Gasteiger partial charge on any atom is 0.274 e. The number of hydrogen-bond acceptors (Lipinski definition) is 5. The van der Waals surface area contributed by atoms with Gasteiger partial charge in [0.25, 0.3) is 15.6 Å². The van der Waals surface area contributed by atoms with Crippen molar-refractivity contribution >= 4 is 10.0 Å². The minimum absolute atomic E-state index is 0.115. The lowest BCUT2D eigenvalue weighted by atomic mass is 10.1. The second kappa shape index (κ2) is 7.27. The Morgan fingerprint density at radius 2 is 2.08 bits per heavy atom. The van der Waals surface area contributed by atoms with Gasteiger partial charge in [-0.15, -0.1) is 0 Å². The van der Waals surface area contributed by atoms with Gasteiger partial charge in [-0.3, -0.25) is 9.78 Å². The highest BCUT2D eigenvalue weighted by atomic mass is 32.2. The Labute approximate surface area is 151 Å². The molecule has 0 saturated heterocycles. The lowest BCUT2D eigenvalue weighted by Gasteiger charge is -2.06. The van der Waals surface area contributed by atoms with Crippen molar-refractivity contribution in [2.75, 3.05) is 0 Å². The van der Waals surface area contributed by atoms with Gasteiger partial charge < -0.3 is 9.40 Å². The molecule has 0 amide bonds. The molecule has 8 heteroatoms. The first-order valence-corrected chi connectivity index (χ1v) is 9.60. The van der Waals surface area contributed by atoms with Gasteiger partial charge in [0.2, 0.25) is 5.09 Å². The molecule has 0 saturated carbocycles. The van der Waals surface area contributed by atoms with Crippen LogP contribution in [-0.2, 0) is 23.0 Å². The van der Waals surface area contributed by atoms with Crippen molar-refractivity contribution in [2.24, 2.45) is 0 Å². The van der Waals surface area contributed by atoms with Crippen LogP contribution in [0.15, 0.2) is 57.0 Å². The quantitative estimate of drug-likeness (QED) is 0.690. The van der Waals surface area contributed by atoms with Crippen molar-refractivity contribution in [1.82, 2.24) is 14.7 Å². The number of furan rings is 1. The number of nitrogens with zero attached hydrogens (tertiary/aromatic N) is 1. The van der Waals surface area contributed by atoms with Crippen LogP contribution < -0.4 is 10.3 Å². The fourth-order valence-electron chi connectivity index (χ4n) is 2.55. The van der Waals surface area contributed by atoms with Gasteiger partial charge in [-0.1, -0.05) is 13.0 Å². The number of aryl methyl sites for hydroxylation is 2. The highest BCUT2D eigenvalue weighted by Gasteiger charge is 2.20. The molecule has 0 radical (unpaired) electrons. The number of aromatic nitrogens is 2. The van der Waals surface area contributed by atoms with Crippen LogP contribution in [0.1, 0.15) is 23.7 Å². The smallest absolute Gasteiger partial charge is 0.274 e. The zero-order valence-corrected chi connectivity index (χ0v) is 15.3. The van der Waals surface area contributed by atoms with E-state index >= 15 is 0 Å². The third-order valence-corrected chi connectivity index (χ3v) is 5.27. The van der Waals surface area contributed by atoms with E-state index in [9.17, 15) is 13.2 Å². The van der Waals surface area contributed by atoms with Crippen molar-refractivity contribution in [3.8, 4) is 11.3 Å². The van der Waals surface area contributed by atoms with Crippen molar-refractivity contribution in [1.29, 1.82) is 0 Å². The van der Waals surface area contributed by atoms with Gasteiger partial charge in [0, 0.05) is 35.8 Å². The number of sulfonamides is 1. The summed E-state index contributed by atoms with van der Waals surface area (Å²) in [6, 6.07) is 8.22. The van der Waals surface area contributed by atoms with Gasteiger partial charge in [0.1, 0.15) is 5.76 Å². The minimum atomic E-state index is -3.80. The van der Waals surface area contributed by atoms with Crippen LogP contribution in [0.3, 0.4) is 0 Å². The molecule has 0 unspecified atom stereocenters. The van der Waals surface area contributed by atoms with E-state index in [0.717, 1.165) is 5.56 Å². The molecule has 0 aliphatic carbocycles. The van der Waals surface area contributed by atoms with Crippen molar-refractivity contribution < 1.29 is 12.8 Å². The summed E-state index contributed by atoms with van der Waals surface area (Å²) in [4.78, 5) is 18.6. The molecule has 3 aromatic rings. The average Bonchev–Trinajstić information content (AvgIpc) is 3.12. The van der Waals surface area contributed by atoms with Gasteiger partial charge in [0.15, 0.2) is 0 Å². The van der Waals surface area contributed by atoms with E-state index in [-0.39, 0.29) is 17.2 Å². The monoisotopic (exact) mass is 373 g/mol. The number of hydrogen-bond donors (Lipinski definition) is 2. The lowest BCUT2D eigenvalue weighted by Crippen LogP contribution is -2.22. The van der Waals surface area contributed by atoms with Crippen molar-refractivity contribution in [3.63, 3.8) is 0 Å². The lowest BCUT2D eigenvalue weighted by molar-refractivity contribution is 0.455. The standard InChI is InChI=1S/C18H19N3O4S/c1-3-14-9-15(12(2)21-18(14)22)16-6-7-17(25-16)26(23,24)20-11-13-5-4-8-19-10-13/h4-10,20H,3,11H2,1-2H3,(H,21,22). The van der Waals surface area contributed by atoms with Crippen LogP contribution in [-0.4, -0.2) is 18.4 Å². The summed E-state index contributed by atoms with van der Waals surface area (Å²) in [5.74, 6) is 0.384. The first-order valence-electron chi connectivity index (χ1n) is 8.12. The molecule has 0 spiro atoms. The van der Waals surface area contributed by atoms with Gasteiger partial charge in [-0.05, 0) is 43.2 Å². The summed E-state index contributed by atoms with van der Waals surface area (Å²) in [6.45, 7) is 3.74. The minimum Gasteiger partial charge on any atom is -0.443 e. The van der Waals surface area contributed by atoms with Crippen molar-refractivity contribution in [2.45, 2.75) is 31.9 Å². The highest BCUT2D eigenvalue weighted by Crippen LogP contribution is 2.26. The molecular formula is C18H19N3O4S. The maximum atomic E-state index is 12.4. The van der Waals surface area contributed by atoms with E-state index in [1.807, 2.05) is 6.92 Å². The summed E-state index contributed by atoms with van der Waals surface area (Å²) >= 11 is 0. The van der Waals surface area contributed by atoms with E-state index in [2.05, 4.69) is 14.7 Å². The number of nitrogens with one attached hydrogen (secondary N) is 2. The number of rotatable bonds is 6. The molecule has 0 aromatic carbocycles. The second-order valence-corrected chi connectivity index (χ2v) is 7.52. The molecule has 3 heterocycles. The Morgan fingerprint density at radius 3 is 2.77 bits per heavy atom. The van der Waals surface area contributed by atoms with Crippen LogP contribution in [0, 0.1) is 6.92 Å². The molecule has 0 aliphatic heterocycles. The van der Waals surface area contributed by atoms with Crippen LogP contribution in [0.25, 0.3) is 11.3 Å². The molecule has 7 nitrogen and oxygen atoms in total. The van der Waals surface area contributed by atoms with E-state index in [1.165, 1.54) is 6.07 Å². The average molecular weight is 373 g/mol. The number of aromatic amines is 1. The fourth-order valence-corrected chi connectivity index (χ4v) is 3.49. The molecule has 136 valence electrons. The van der Waals surface area contributed by atoms with E-state index in [0.29, 0.717) is 29.0 Å². The summed E-state index contributed by atoms with van der Waals surface area (Å²) in [6.07, 6.45) is 3.78. The number of pyridine rings is 2. The summed E-state index contributed by atoms with van der Waals surface area (Å²) < 4.78 is 32.9. The highest BCUT2D eigenvalue weighted by molar-refractivity contribution is 7.89. The Bertz CT molecular complexity index is 1070. The maximum absolute atomic E-state index is 12.4. The van der Waals surface area contributed by atoms with E-state index in [1.54, 1.807) is 43.6 Å². The topological polar surface area (TPSA) is 105 Å². The predicted molar refractivity (Wildman–Crippen MR) is 97.1 cm³/mol. The first-order chi connectivity index (χ1) is 12.4. The Kier molecular flexibility index (Phi) is 5.06. The third kappa shape index (κ3) is 3.76. The summed E-state index contributed by atoms with van der Waals surface area (Å²) in [5, 5.41) is -0.181. The molecule has 0 bridgehead atoms. The van der Waals surface area contributed by atoms with Crippen LogP contribution in [0.2, 0.25) is 0 Å².